The van der Waals surface area contributed by atoms with Gasteiger partial charge in [-0.3, -0.25) is 14.9 Å². The van der Waals surface area contributed by atoms with Crippen LogP contribution in [0.5, 0.6) is 11.5 Å². The van der Waals surface area contributed by atoms with Crippen LogP contribution in [-0.2, 0) is 9.53 Å². The van der Waals surface area contributed by atoms with Crippen molar-refractivity contribution in [1.29, 1.82) is 0 Å². The third-order valence-electron chi connectivity index (χ3n) is 4.40. The molecule has 1 amide bonds. The Morgan fingerprint density at radius 1 is 1.09 bits per heavy atom. The van der Waals surface area contributed by atoms with Crippen LogP contribution in [0.3, 0.4) is 0 Å². The number of carbonyl (C=O) groups excluding carboxylic acids is 2. The van der Waals surface area contributed by atoms with Crippen molar-refractivity contribution in [2.75, 3.05) is 26.9 Å². The van der Waals surface area contributed by atoms with Crippen LogP contribution < -0.4 is 20.4 Å². The van der Waals surface area contributed by atoms with Crippen LogP contribution in [0.2, 0.25) is 0 Å². The number of esters is 1. The smallest absolute Gasteiger partial charge is 0.349 e. The van der Waals surface area contributed by atoms with Crippen LogP contribution in [0.25, 0.3) is 11.0 Å². The van der Waals surface area contributed by atoms with Gasteiger partial charge in [0.05, 0.1) is 4.92 Å². The maximum Gasteiger partial charge on any atom is 0.349 e. The first-order valence-electron chi connectivity index (χ1n) is 9.80. The fourth-order valence-electron chi connectivity index (χ4n) is 2.79. The molecule has 11 nitrogen and oxygen atoms in total. The predicted octanol–water partition coefficient (Wildman–Crippen LogP) is 2.45. The number of methoxy groups -OCH3 is 1. The number of nitrogens with zero attached hydrogens (tertiary/aromatic N) is 1. The Labute approximate surface area is 187 Å². The summed E-state index contributed by atoms with van der Waals surface area (Å²) in [5.41, 5.74) is -0.926. The van der Waals surface area contributed by atoms with E-state index >= 15 is 0 Å². The molecular formula is C22H20N2O9. The average molecular weight is 456 g/mol. The van der Waals surface area contributed by atoms with E-state index < -0.39 is 29.0 Å². The lowest BCUT2D eigenvalue weighted by atomic mass is 10.1. The monoisotopic (exact) mass is 456 g/mol. The molecule has 2 aromatic carbocycles. The van der Waals surface area contributed by atoms with E-state index in [1.54, 1.807) is 13.2 Å². The first-order chi connectivity index (χ1) is 15.9. The molecule has 3 aromatic rings. The van der Waals surface area contributed by atoms with Gasteiger partial charge in [-0.1, -0.05) is 0 Å². The zero-order chi connectivity index (χ0) is 23.8. The molecular weight excluding hydrogens is 436 g/mol. The van der Waals surface area contributed by atoms with Crippen molar-refractivity contribution in [2.24, 2.45) is 0 Å². The normalized spacial score (nSPS) is 10.6. The van der Waals surface area contributed by atoms with Gasteiger partial charge in [0.1, 0.15) is 22.6 Å². The van der Waals surface area contributed by atoms with E-state index in [2.05, 4.69) is 5.32 Å². The molecule has 3 rings (SSSR count). The third kappa shape index (κ3) is 6.37. The van der Waals surface area contributed by atoms with Crippen molar-refractivity contribution < 1.29 is 33.1 Å². The number of benzene rings is 2. The zero-order valence-corrected chi connectivity index (χ0v) is 17.6. The Morgan fingerprint density at radius 2 is 1.82 bits per heavy atom. The largest absolute Gasteiger partial charge is 0.482 e. The molecule has 0 radical (unpaired) electrons. The summed E-state index contributed by atoms with van der Waals surface area (Å²) in [5.74, 6) is -0.919. The van der Waals surface area contributed by atoms with Crippen molar-refractivity contribution in [1.82, 2.24) is 5.32 Å². The average Bonchev–Trinajstić information content (AvgIpc) is 2.80. The second-order valence-electron chi connectivity index (χ2n) is 6.76. The van der Waals surface area contributed by atoms with Crippen molar-refractivity contribution >= 4 is 28.5 Å². The van der Waals surface area contributed by atoms with Crippen LogP contribution in [0.15, 0.2) is 57.7 Å². The summed E-state index contributed by atoms with van der Waals surface area (Å²) in [6.07, 6.45) is 0.601. The summed E-state index contributed by atoms with van der Waals surface area (Å²) in [7, 11) is 1.55. The molecule has 0 aliphatic rings. The molecule has 33 heavy (non-hydrogen) atoms. The van der Waals surface area contributed by atoms with Crippen molar-refractivity contribution in [3.8, 4) is 11.5 Å². The van der Waals surface area contributed by atoms with Crippen molar-refractivity contribution in [2.45, 2.75) is 6.42 Å². The van der Waals surface area contributed by atoms with Crippen LogP contribution in [0.1, 0.15) is 16.8 Å². The predicted molar refractivity (Wildman–Crippen MR) is 116 cm³/mol. The fraction of sp³-hybridized carbons (Fsp3) is 0.227. The number of hydrogen-bond donors (Lipinski definition) is 1. The topological polar surface area (TPSA) is 147 Å². The molecule has 0 unspecified atom stereocenters. The Kier molecular flexibility index (Phi) is 7.71. The van der Waals surface area contributed by atoms with Gasteiger partial charge in [-0.25, -0.2) is 9.59 Å². The minimum absolute atomic E-state index is 0.102. The van der Waals surface area contributed by atoms with Gasteiger partial charge in [0, 0.05) is 43.8 Å². The number of fused-ring (bicyclic) bond motifs is 1. The van der Waals surface area contributed by atoms with E-state index in [1.165, 1.54) is 42.5 Å². The number of nitrogens with one attached hydrogen (secondary N) is 1. The summed E-state index contributed by atoms with van der Waals surface area (Å²) >= 11 is 0. The Bertz CT molecular complexity index is 1220. The number of hydrogen-bond acceptors (Lipinski definition) is 9. The molecule has 1 heterocycles. The number of nitro groups is 1. The van der Waals surface area contributed by atoms with Gasteiger partial charge >= 0.3 is 11.6 Å². The molecule has 0 aliphatic heterocycles. The summed E-state index contributed by atoms with van der Waals surface area (Å²) < 4.78 is 20.5. The van der Waals surface area contributed by atoms with Gasteiger partial charge in [0.15, 0.2) is 6.61 Å². The highest BCUT2D eigenvalue weighted by Crippen LogP contribution is 2.21. The van der Waals surface area contributed by atoms with Gasteiger partial charge in [-0.15, -0.1) is 0 Å². The van der Waals surface area contributed by atoms with Crippen LogP contribution in [-0.4, -0.2) is 43.7 Å². The van der Waals surface area contributed by atoms with Gasteiger partial charge in [-0.05, 0) is 36.8 Å². The number of carbonyl (C=O) groups is 2. The zero-order valence-electron chi connectivity index (χ0n) is 17.6. The maximum absolute atomic E-state index is 12.2. The van der Waals surface area contributed by atoms with Crippen molar-refractivity contribution in [3.63, 3.8) is 0 Å². The Morgan fingerprint density at radius 3 is 2.52 bits per heavy atom. The first kappa shape index (κ1) is 23.4. The maximum atomic E-state index is 12.2. The highest BCUT2D eigenvalue weighted by molar-refractivity contribution is 5.96. The minimum atomic E-state index is -0.822. The number of nitro benzene ring substituents is 1. The number of ether oxygens (including phenoxy) is 3. The van der Waals surface area contributed by atoms with Gasteiger partial charge in [0.25, 0.3) is 11.6 Å². The SMILES string of the molecule is COCCCNC(=O)c1cc2ccc(OC(=O)COc3ccc([N+](=O)[O-])cc3)cc2oc1=O. The molecule has 11 heteroatoms. The molecule has 172 valence electrons. The van der Waals surface area contributed by atoms with Gasteiger partial charge < -0.3 is 23.9 Å². The molecule has 1 N–H and O–H groups in total. The van der Waals surface area contributed by atoms with E-state index in [4.69, 9.17) is 18.6 Å². The highest BCUT2D eigenvalue weighted by Gasteiger charge is 2.15. The highest BCUT2D eigenvalue weighted by atomic mass is 16.6. The minimum Gasteiger partial charge on any atom is -0.482 e. The number of amides is 1. The summed E-state index contributed by atoms with van der Waals surface area (Å²) in [6.45, 7) is 0.385. The lowest BCUT2D eigenvalue weighted by Gasteiger charge is -2.08. The number of non-ortho nitro benzene ring substituents is 1. The van der Waals surface area contributed by atoms with E-state index in [-0.39, 0.29) is 28.3 Å². The van der Waals surface area contributed by atoms with Crippen LogP contribution >= 0.6 is 0 Å². The molecule has 0 saturated carbocycles. The van der Waals surface area contributed by atoms with E-state index in [0.717, 1.165) is 0 Å². The third-order valence-corrected chi connectivity index (χ3v) is 4.40. The van der Waals surface area contributed by atoms with Gasteiger partial charge in [0.2, 0.25) is 0 Å². The molecule has 1 aromatic heterocycles. The molecule has 0 saturated heterocycles. The Hall–Kier alpha value is -4.25. The molecule has 0 atom stereocenters. The standard InChI is InChI=1S/C22H20N2O9/c1-30-10-2-9-23-21(26)18-11-14-3-6-17(12-19(14)33-22(18)27)32-20(25)13-31-16-7-4-15(5-8-16)24(28)29/h3-8,11-12H,2,9-10,13H2,1H3,(H,23,26). The molecule has 0 bridgehead atoms. The van der Waals surface area contributed by atoms with E-state index in [0.29, 0.717) is 25.0 Å². The first-order valence-corrected chi connectivity index (χ1v) is 9.80. The van der Waals surface area contributed by atoms with E-state index in [1.807, 2.05) is 0 Å². The van der Waals surface area contributed by atoms with Gasteiger partial charge in [-0.2, -0.15) is 0 Å². The quantitative estimate of drug-likeness (QED) is 0.121. The van der Waals surface area contributed by atoms with E-state index in [9.17, 15) is 24.5 Å². The second-order valence-corrected chi connectivity index (χ2v) is 6.76. The fourth-order valence-corrected chi connectivity index (χ4v) is 2.79. The molecule has 0 spiro atoms. The molecule has 0 fully saturated rings. The Balaban J connectivity index is 1.62. The summed E-state index contributed by atoms with van der Waals surface area (Å²) in [5, 5.41) is 13.7. The van der Waals surface area contributed by atoms with Crippen LogP contribution in [0, 0.1) is 10.1 Å². The molecule has 0 aliphatic carbocycles. The van der Waals surface area contributed by atoms with Crippen LogP contribution in [0.4, 0.5) is 5.69 Å². The summed E-state index contributed by atoms with van der Waals surface area (Å²) in [6, 6.07) is 11.0. The lowest BCUT2D eigenvalue weighted by Crippen LogP contribution is -2.29. The lowest BCUT2D eigenvalue weighted by molar-refractivity contribution is -0.384. The van der Waals surface area contributed by atoms with Crippen molar-refractivity contribution in [3.05, 3.63) is 74.6 Å². The second kappa shape index (κ2) is 10.9. The summed E-state index contributed by atoms with van der Waals surface area (Å²) in [4.78, 5) is 46.5. The number of rotatable bonds is 10.